The second-order valence-corrected chi connectivity index (χ2v) is 7.33. The lowest BCUT2D eigenvalue weighted by molar-refractivity contribution is 0.0517. The Morgan fingerprint density at radius 1 is 1.20 bits per heavy atom. The summed E-state index contributed by atoms with van der Waals surface area (Å²) in [6.07, 6.45) is 2.34. The number of hydrogen-bond donors (Lipinski definition) is 1. The number of ether oxygens (including phenoxy) is 1. The van der Waals surface area contributed by atoms with Crippen molar-refractivity contribution >= 4 is 10.0 Å². The average Bonchev–Trinajstić information content (AvgIpc) is 2.47. The first-order valence-electron chi connectivity index (χ1n) is 7.19. The van der Waals surface area contributed by atoms with Gasteiger partial charge < -0.3 is 4.74 Å². The molecular weight excluding hydrogens is 274 g/mol. The molecule has 1 N–H and O–H groups in total. The Morgan fingerprint density at radius 3 is 2.45 bits per heavy atom. The van der Waals surface area contributed by atoms with Crippen molar-refractivity contribution in [2.45, 2.75) is 31.6 Å². The van der Waals surface area contributed by atoms with E-state index in [0.29, 0.717) is 26.2 Å². The smallest absolute Gasteiger partial charge is 0.211 e. The second kappa shape index (κ2) is 6.70. The molecule has 20 heavy (non-hydrogen) atoms. The van der Waals surface area contributed by atoms with Crippen molar-refractivity contribution in [3.8, 4) is 0 Å². The molecule has 1 heterocycles. The Kier molecular flexibility index (Phi) is 5.18. The van der Waals surface area contributed by atoms with E-state index in [-0.39, 0.29) is 11.2 Å². The zero-order valence-corrected chi connectivity index (χ0v) is 12.8. The molecule has 1 aliphatic heterocycles. The highest BCUT2D eigenvalue weighted by molar-refractivity contribution is 7.89. The van der Waals surface area contributed by atoms with Gasteiger partial charge in [-0.15, -0.1) is 0 Å². The van der Waals surface area contributed by atoms with Crippen molar-refractivity contribution in [2.75, 3.05) is 25.5 Å². The van der Waals surface area contributed by atoms with E-state index in [1.165, 1.54) is 5.56 Å². The van der Waals surface area contributed by atoms with Crippen molar-refractivity contribution in [3.63, 3.8) is 0 Å². The third kappa shape index (κ3) is 3.81. The molecule has 5 heteroatoms. The number of rotatable bonds is 6. The monoisotopic (exact) mass is 297 g/mol. The van der Waals surface area contributed by atoms with E-state index in [1.54, 1.807) is 0 Å². The van der Waals surface area contributed by atoms with Crippen molar-refractivity contribution in [3.05, 3.63) is 35.9 Å². The molecule has 0 atom stereocenters. The van der Waals surface area contributed by atoms with Crippen LogP contribution >= 0.6 is 0 Å². The molecule has 0 amide bonds. The molecule has 0 radical (unpaired) electrons. The van der Waals surface area contributed by atoms with Gasteiger partial charge in [-0.1, -0.05) is 37.3 Å². The van der Waals surface area contributed by atoms with Crippen LogP contribution in [0.2, 0.25) is 0 Å². The first-order chi connectivity index (χ1) is 9.58. The molecule has 0 bridgehead atoms. The summed E-state index contributed by atoms with van der Waals surface area (Å²) in [6, 6.07) is 10.2. The van der Waals surface area contributed by atoms with E-state index < -0.39 is 10.0 Å². The predicted octanol–water partition coefficient (Wildman–Crippen LogP) is 2.06. The second-order valence-electron chi connectivity index (χ2n) is 5.40. The molecule has 2 rings (SSSR count). The van der Waals surface area contributed by atoms with Crippen LogP contribution in [-0.4, -0.2) is 33.9 Å². The van der Waals surface area contributed by atoms with Crippen LogP contribution in [0, 0.1) is 0 Å². The third-order valence-corrected chi connectivity index (χ3v) is 5.47. The number of benzene rings is 1. The highest BCUT2D eigenvalue weighted by Crippen LogP contribution is 2.34. The fourth-order valence-electron chi connectivity index (χ4n) is 2.71. The van der Waals surface area contributed by atoms with Gasteiger partial charge in [0.05, 0.1) is 5.75 Å². The summed E-state index contributed by atoms with van der Waals surface area (Å²) >= 11 is 0. The largest absolute Gasteiger partial charge is 0.381 e. The van der Waals surface area contributed by atoms with Crippen molar-refractivity contribution < 1.29 is 13.2 Å². The standard InChI is InChI=1S/C15H23NO3S/c1-2-12-20(17,18)16-13-15(8-10-19-11-9-15)14-6-4-3-5-7-14/h3-7,16H,2,8-13H2,1H3. The van der Waals surface area contributed by atoms with E-state index in [1.807, 2.05) is 25.1 Å². The summed E-state index contributed by atoms with van der Waals surface area (Å²) in [5.74, 6) is 0.189. The molecule has 1 saturated heterocycles. The van der Waals surface area contributed by atoms with Gasteiger partial charge >= 0.3 is 0 Å². The Labute approximate surface area is 121 Å². The third-order valence-electron chi connectivity index (χ3n) is 3.94. The van der Waals surface area contributed by atoms with Crippen LogP contribution in [0.5, 0.6) is 0 Å². The number of hydrogen-bond acceptors (Lipinski definition) is 3. The summed E-state index contributed by atoms with van der Waals surface area (Å²) in [6.45, 7) is 3.71. The minimum Gasteiger partial charge on any atom is -0.381 e. The van der Waals surface area contributed by atoms with Gasteiger partial charge in [-0.05, 0) is 24.8 Å². The van der Waals surface area contributed by atoms with E-state index in [4.69, 9.17) is 4.74 Å². The average molecular weight is 297 g/mol. The maximum Gasteiger partial charge on any atom is 0.211 e. The minimum absolute atomic E-state index is 0.139. The first-order valence-corrected chi connectivity index (χ1v) is 8.84. The molecule has 0 aromatic heterocycles. The molecule has 0 saturated carbocycles. The Bertz CT molecular complexity index is 507. The highest BCUT2D eigenvalue weighted by Gasteiger charge is 2.35. The van der Waals surface area contributed by atoms with Gasteiger partial charge in [-0.2, -0.15) is 0 Å². The zero-order valence-electron chi connectivity index (χ0n) is 12.0. The topological polar surface area (TPSA) is 55.4 Å². The Balaban J connectivity index is 2.16. The van der Waals surface area contributed by atoms with Gasteiger partial charge in [0, 0.05) is 25.2 Å². The molecule has 112 valence electrons. The van der Waals surface area contributed by atoms with Crippen molar-refractivity contribution in [1.29, 1.82) is 0 Å². The quantitative estimate of drug-likeness (QED) is 0.874. The van der Waals surface area contributed by atoms with Gasteiger partial charge in [0.15, 0.2) is 0 Å². The molecule has 0 aliphatic carbocycles. The number of sulfonamides is 1. The molecule has 1 aromatic carbocycles. The molecule has 1 aromatic rings. The molecule has 0 unspecified atom stereocenters. The summed E-state index contributed by atoms with van der Waals surface area (Å²) in [5, 5.41) is 0. The fraction of sp³-hybridized carbons (Fsp3) is 0.600. The van der Waals surface area contributed by atoms with Gasteiger partial charge in [0.1, 0.15) is 0 Å². The summed E-state index contributed by atoms with van der Waals surface area (Å²) < 4.78 is 32.0. The minimum atomic E-state index is -3.17. The van der Waals surface area contributed by atoms with E-state index in [0.717, 1.165) is 12.8 Å². The summed E-state index contributed by atoms with van der Waals surface area (Å²) in [7, 11) is -3.17. The SMILES string of the molecule is CCCS(=O)(=O)NCC1(c2ccccc2)CCOCC1. The van der Waals surface area contributed by atoms with Gasteiger partial charge in [-0.25, -0.2) is 13.1 Å². The summed E-state index contributed by atoms with van der Waals surface area (Å²) in [4.78, 5) is 0. The molecule has 4 nitrogen and oxygen atoms in total. The summed E-state index contributed by atoms with van der Waals surface area (Å²) in [5.41, 5.74) is 1.06. The van der Waals surface area contributed by atoms with Gasteiger partial charge in [0.25, 0.3) is 0 Å². The van der Waals surface area contributed by atoms with Crippen LogP contribution in [0.1, 0.15) is 31.7 Å². The van der Waals surface area contributed by atoms with Gasteiger partial charge in [0.2, 0.25) is 10.0 Å². The zero-order chi connectivity index (χ0) is 14.5. The van der Waals surface area contributed by atoms with Crippen molar-refractivity contribution in [1.82, 2.24) is 4.72 Å². The fourth-order valence-corrected chi connectivity index (χ4v) is 3.89. The van der Waals surface area contributed by atoms with E-state index in [2.05, 4.69) is 16.9 Å². The maximum absolute atomic E-state index is 11.9. The lowest BCUT2D eigenvalue weighted by atomic mass is 9.74. The lowest BCUT2D eigenvalue weighted by Gasteiger charge is -2.37. The first kappa shape index (κ1) is 15.5. The Hall–Kier alpha value is -0.910. The molecule has 1 fully saturated rings. The van der Waals surface area contributed by atoms with Crippen molar-refractivity contribution in [2.24, 2.45) is 0 Å². The van der Waals surface area contributed by atoms with Crippen LogP contribution < -0.4 is 4.72 Å². The lowest BCUT2D eigenvalue weighted by Crippen LogP contribution is -2.45. The van der Waals surface area contributed by atoms with Crippen LogP contribution in [-0.2, 0) is 20.2 Å². The normalized spacial score (nSPS) is 18.9. The Morgan fingerprint density at radius 2 is 1.85 bits per heavy atom. The maximum atomic E-state index is 11.9. The van der Waals surface area contributed by atoms with Gasteiger partial charge in [-0.3, -0.25) is 0 Å². The molecule has 1 aliphatic rings. The van der Waals surface area contributed by atoms with E-state index >= 15 is 0 Å². The van der Waals surface area contributed by atoms with Crippen LogP contribution in [0.15, 0.2) is 30.3 Å². The van der Waals surface area contributed by atoms with Crippen LogP contribution in [0.25, 0.3) is 0 Å². The predicted molar refractivity (Wildman–Crippen MR) is 80.3 cm³/mol. The molecule has 0 spiro atoms. The van der Waals surface area contributed by atoms with E-state index in [9.17, 15) is 8.42 Å². The van der Waals surface area contributed by atoms with Crippen LogP contribution in [0.3, 0.4) is 0 Å². The molecular formula is C15H23NO3S. The highest BCUT2D eigenvalue weighted by atomic mass is 32.2. The number of nitrogens with one attached hydrogen (secondary N) is 1. The van der Waals surface area contributed by atoms with Crippen LogP contribution in [0.4, 0.5) is 0 Å².